The number of benzene rings is 2. The van der Waals surface area contributed by atoms with Crippen molar-refractivity contribution in [3.8, 4) is 0 Å². The highest BCUT2D eigenvalue weighted by Gasteiger charge is 2.13. The minimum Gasteiger partial charge on any atom is -0.317 e. The third-order valence-corrected chi connectivity index (χ3v) is 6.43. The largest absolute Gasteiger partial charge is 0.317 e. The molecule has 0 atom stereocenters. The van der Waals surface area contributed by atoms with Crippen LogP contribution in [0.4, 0.5) is 0 Å². The Hall–Kier alpha value is -2.31. The molecule has 0 aliphatic rings. The summed E-state index contributed by atoms with van der Waals surface area (Å²) in [6.45, 7) is 7.21. The van der Waals surface area contributed by atoms with E-state index in [2.05, 4.69) is 53.5 Å². The van der Waals surface area contributed by atoms with Crippen LogP contribution in [0.25, 0.3) is 20.4 Å². The van der Waals surface area contributed by atoms with E-state index < -0.39 is 0 Å². The SMILES string of the molecule is CCn1c(=NC(=O)c2nc3ccccc3s2)sc2cc(C(C)C)ccc21. The average Bonchev–Trinajstić information content (AvgIpc) is 3.21. The number of aromatic nitrogens is 2. The smallest absolute Gasteiger partial charge is 0.308 e. The van der Waals surface area contributed by atoms with E-state index in [0.717, 1.165) is 31.8 Å². The highest BCUT2D eigenvalue weighted by Crippen LogP contribution is 2.24. The van der Waals surface area contributed by atoms with E-state index >= 15 is 0 Å². The van der Waals surface area contributed by atoms with Crippen molar-refractivity contribution in [2.75, 3.05) is 0 Å². The number of nitrogens with zero attached hydrogens (tertiary/aromatic N) is 3. The van der Waals surface area contributed by atoms with Crippen molar-refractivity contribution in [3.05, 3.63) is 57.8 Å². The summed E-state index contributed by atoms with van der Waals surface area (Å²) in [5.41, 5.74) is 3.26. The Morgan fingerprint density at radius 2 is 1.96 bits per heavy atom. The van der Waals surface area contributed by atoms with Crippen LogP contribution in [0.5, 0.6) is 0 Å². The highest BCUT2D eigenvalue weighted by atomic mass is 32.1. The first-order valence-corrected chi connectivity index (χ1v) is 10.3. The van der Waals surface area contributed by atoms with E-state index in [1.807, 2.05) is 24.3 Å². The van der Waals surface area contributed by atoms with Crippen molar-refractivity contribution in [2.24, 2.45) is 4.99 Å². The minimum absolute atomic E-state index is 0.274. The molecule has 0 N–H and O–H groups in total. The maximum Gasteiger partial charge on any atom is 0.308 e. The Morgan fingerprint density at radius 1 is 1.15 bits per heavy atom. The van der Waals surface area contributed by atoms with E-state index in [-0.39, 0.29) is 5.91 Å². The van der Waals surface area contributed by atoms with Gasteiger partial charge in [0, 0.05) is 6.54 Å². The Balaban J connectivity index is 1.82. The molecule has 0 saturated carbocycles. The second-order valence-corrected chi connectivity index (χ2v) is 8.45. The first-order valence-electron chi connectivity index (χ1n) is 8.64. The third kappa shape index (κ3) is 2.99. The van der Waals surface area contributed by atoms with Gasteiger partial charge in [0.2, 0.25) is 0 Å². The molecule has 1 amide bonds. The summed E-state index contributed by atoms with van der Waals surface area (Å²) in [5, 5.41) is 0.439. The molecule has 2 aromatic carbocycles. The number of hydrogen-bond donors (Lipinski definition) is 0. The van der Waals surface area contributed by atoms with Gasteiger partial charge in [-0.15, -0.1) is 11.3 Å². The molecule has 0 aliphatic heterocycles. The van der Waals surface area contributed by atoms with Gasteiger partial charge in [0.1, 0.15) is 0 Å². The van der Waals surface area contributed by atoms with Gasteiger partial charge in [-0.05, 0) is 42.7 Å². The van der Waals surface area contributed by atoms with Crippen molar-refractivity contribution in [1.29, 1.82) is 0 Å². The maximum absolute atomic E-state index is 12.7. The number of rotatable bonds is 3. The van der Waals surface area contributed by atoms with Gasteiger partial charge >= 0.3 is 5.91 Å². The van der Waals surface area contributed by atoms with Crippen LogP contribution in [0.2, 0.25) is 0 Å². The van der Waals surface area contributed by atoms with Gasteiger partial charge in [-0.3, -0.25) is 4.79 Å². The van der Waals surface area contributed by atoms with Gasteiger partial charge in [-0.1, -0.05) is 43.4 Å². The van der Waals surface area contributed by atoms with Gasteiger partial charge in [0.15, 0.2) is 9.81 Å². The molecule has 0 fully saturated rings. The van der Waals surface area contributed by atoms with Crippen molar-refractivity contribution in [3.63, 3.8) is 0 Å². The topological polar surface area (TPSA) is 47.2 Å². The number of fused-ring (bicyclic) bond motifs is 2. The fraction of sp³-hybridized carbons (Fsp3) is 0.250. The summed E-state index contributed by atoms with van der Waals surface area (Å²) in [4.78, 5) is 22.2. The van der Waals surface area contributed by atoms with Crippen LogP contribution in [-0.2, 0) is 6.54 Å². The molecule has 2 aromatic heterocycles. The van der Waals surface area contributed by atoms with E-state index in [0.29, 0.717) is 10.9 Å². The summed E-state index contributed by atoms with van der Waals surface area (Å²) < 4.78 is 4.26. The van der Waals surface area contributed by atoms with Crippen LogP contribution in [0.15, 0.2) is 47.5 Å². The molecule has 0 unspecified atom stereocenters. The lowest BCUT2D eigenvalue weighted by molar-refractivity contribution is 0.0997. The molecule has 2 heterocycles. The van der Waals surface area contributed by atoms with E-state index in [9.17, 15) is 4.79 Å². The van der Waals surface area contributed by atoms with Crippen LogP contribution in [-0.4, -0.2) is 15.5 Å². The van der Waals surface area contributed by atoms with Crippen molar-refractivity contribution in [2.45, 2.75) is 33.2 Å². The molecule has 0 aliphatic carbocycles. The quantitative estimate of drug-likeness (QED) is 0.490. The van der Waals surface area contributed by atoms with Crippen LogP contribution < -0.4 is 4.80 Å². The van der Waals surface area contributed by atoms with Crippen molar-refractivity contribution >= 4 is 49.0 Å². The summed E-state index contributed by atoms with van der Waals surface area (Å²) in [6.07, 6.45) is 0. The lowest BCUT2D eigenvalue weighted by atomic mass is 10.0. The monoisotopic (exact) mass is 381 g/mol. The Bertz CT molecular complexity index is 1150. The number of amides is 1. The fourth-order valence-electron chi connectivity index (χ4n) is 2.94. The Morgan fingerprint density at radius 3 is 2.69 bits per heavy atom. The molecule has 132 valence electrons. The summed E-state index contributed by atoms with van der Waals surface area (Å²) in [6, 6.07) is 14.3. The first-order chi connectivity index (χ1) is 12.6. The zero-order chi connectivity index (χ0) is 18.3. The van der Waals surface area contributed by atoms with Gasteiger partial charge in [0.25, 0.3) is 0 Å². The third-order valence-electron chi connectivity index (χ3n) is 4.36. The Labute approximate surface area is 159 Å². The van der Waals surface area contributed by atoms with Crippen LogP contribution in [0.3, 0.4) is 0 Å². The Kier molecular flexibility index (Phi) is 4.46. The molecule has 6 heteroatoms. The number of para-hydroxylation sites is 1. The number of carbonyl (C=O) groups excluding carboxylic acids is 1. The predicted octanol–water partition coefficient (Wildman–Crippen LogP) is 5.20. The second-order valence-electron chi connectivity index (χ2n) is 6.41. The van der Waals surface area contributed by atoms with Crippen LogP contribution in [0.1, 0.15) is 42.1 Å². The molecular weight excluding hydrogens is 362 g/mol. The normalized spacial score (nSPS) is 12.5. The van der Waals surface area contributed by atoms with Crippen molar-refractivity contribution < 1.29 is 4.79 Å². The average molecular weight is 382 g/mol. The summed E-state index contributed by atoms with van der Waals surface area (Å²) >= 11 is 2.95. The standard InChI is InChI=1S/C20H19N3OS2/c1-4-23-15-10-9-13(12(2)3)11-17(15)26-20(23)22-18(24)19-21-14-7-5-6-8-16(14)25-19/h5-12H,4H2,1-3H3. The molecule has 26 heavy (non-hydrogen) atoms. The zero-order valence-corrected chi connectivity index (χ0v) is 16.5. The number of carbonyl (C=O) groups is 1. The number of aryl methyl sites for hydroxylation is 1. The number of hydrogen-bond acceptors (Lipinski definition) is 4. The van der Waals surface area contributed by atoms with Gasteiger partial charge < -0.3 is 4.57 Å². The lowest BCUT2D eigenvalue weighted by Crippen LogP contribution is -2.15. The fourth-order valence-corrected chi connectivity index (χ4v) is 4.93. The van der Waals surface area contributed by atoms with Gasteiger partial charge in [-0.25, -0.2) is 4.98 Å². The molecule has 0 bridgehead atoms. The first kappa shape index (κ1) is 17.1. The van der Waals surface area contributed by atoms with E-state index in [1.165, 1.54) is 16.9 Å². The van der Waals surface area contributed by atoms with E-state index in [4.69, 9.17) is 0 Å². The molecule has 0 spiro atoms. The minimum atomic E-state index is -0.274. The molecule has 4 nitrogen and oxygen atoms in total. The second kappa shape index (κ2) is 6.78. The molecule has 4 rings (SSSR count). The highest BCUT2D eigenvalue weighted by molar-refractivity contribution is 7.20. The maximum atomic E-state index is 12.7. The molecule has 4 aromatic rings. The molecule has 0 saturated heterocycles. The van der Waals surface area contributed by atoms with Crippen LogP contribution in [0, 0.1) is 0 Å². The molecular formula is C20H19N3OS2. The van der Waals surface area contributed by atoms with E-state index in [1.54, 1.807) is 11.3 Å². The predicted molar refractivity (Wildman–Crippen MR) is 109 cm³/mol. The summed E-state index contributed by atoms with van der Waals surface area (Å²) in [5.74, 6) is 0.199. The number of thiazole rings is 2. The van der Waals surface area contributed by atoms with Gasteiger partial charge in [-0.2, -0.15) is 4.99 Å². The van der Waals surface area contributed by atoms with Gasteiger partial charge in [0.05, 0.1) is 20.4 Å². The lowest BCUT2D eigenvalue weighted by Gasteiger charge is -2.05. The van der Waals surface area contributed by atoms with Crippen molar-refractivity contribution in [1.82, 2.24) is 9.55 Å². The summed E-state index contributed by atoms with van der Waals surface area (Å²) in [7, 11) is 0. The molecule has 0 radical (unpaired) electrons. The zero-order valence-electron chi connectivity index (χ0n) is 14.9. The van der Waals surface area contributed by atoms with Crippen LogP contribution >= 0.6 is 22.7 Å².